The van der Waals surface area contributed by atoms with Crippen LogP contribution in [0, 0.1) is 0 Å². The Bertz CT molecular complexity index is 972. The molecule has 3 rings (SSSR count). The van der Waals surface area contributed by atoms with Crippen LogP contribution in [0.4, 0.5) is 16.2 Å². The van der Waals surface area contributed by atoms with E-state index in [2.05, 4.69) is 15.7 Å². The van der Waals surface area contributed by atoms with Gasteiger partial charge in [-0.25, -0.2) is 9.48 Å². The first-order chi connectivity index (χ1) is 14.6. The third kappa shape index (κ3) is 6.46. The van der Waals surface area contributed by atoms with Crippen LogP contribution in [0.1, 0.15) is 12.0 Å². The minimum Gasteiger partial charge on any atom is -0.447 e. The molecule has 2 amide bonds. The Labute approximate surface area is 174 Å². The third-order valence-electron chi connectivity index (χ3n) is 4.21. The van der Waals surface area contributed by atoms with Gasteiger partial charge in [-0.1, -0.05) is 24.3 Å². The van der Waals surface area contributed by atoms with Gasteiger partial charge in [-0.15, -0.1) is 0 Å². The molecule has 0 aliphatic carbocycles. The fourth-order valence-corrected chi connectivity index (χ4v) is 2.74. The number of aromatic nitrogens is 2. The van der Waals surface area contributed by atoms with Gasteiger partial charge in [-0.2, -0.15) is 5.10 Å². The minimum atomic E-state index is -0.578. The van der Waals surface area contributed by atoms with Crippen molar-refractivity contribution in [3.63, 3.8) is 0 Å². The van der Waals surface area contributed by atoms with Gasteiger partial charge in [0, 0.05) is 31.1 Å². The summed E-state index contributed by atoms with van der Waals surface area (Å²) in [6.07, 6.45) is 3.99. The van der Waals surface area contributed by atoms with Crippen molar-refractivity contribution in [3.8, 4) is 5.69 Å². The number of carbonyl (C=O) groups is 2. The molecule has 0 atom stereocenters. The average Bonchev–Trinajstić information content (AvgIpc) is 3.22. The molecule has 0 saturated carbocycles. The molecule has 0 fully saturated rings. The second-order valence-corrected chi connectivity index (χ2v) is 6.51. The van der Waals surface area contributed by atoms with Crippen molar-refractivity contribution in [2.45, 2.75) is 12.8 Å². The number of para-hydroxylation sites is 1. The predicted octanol–water partition coefficient (Wildman–Crippen LogP) is 3.64. The molecule has 1 heterocycles. The van der Waals surface area contributed by atoms with E-state index < -0.39 is 6.09 Å². The summed E-state index contributed by atoms with van der Waals surface area (Å²) in [7, 11) is 1.53. The summed E-state index contributed by atoms with van der Waals surface area (Å²) in [4.78, 5) is 24.0. The van der Waals surface area contributed by atoms with Crippen molar-refractivity contribution in [3.05, 3.63) is 72.6 Å². The summed E-state index contributed by atoms with van der Waals surface area (Å²) in [5, 5.41) is 9.79. The lowest BCUT2D eigenvalue weighted by molar-refractivity contribution is -0.116. The zero-order chi connectivity index (χ0) is 21.2. The summed E-state index contributed by atoms with van der Waals surface area (Å²) in [5.41, 5.74) is 3.07. The zero-order valence-electron chi connectivity index (χ0n) is 16.7. The van der Waals surface area contributed by atoms with Crippen LogP contribution in [0.5, 0.6) is 0 Å². The largest absolute Gasteiger partial charge is 0.447 e. The summed E-state index contributed by atoms with van der Waals surface area (Å²) in [6.45, 7) is 0.493. The van der Waals surface area contributed by atoms with Crippen molar-refractivity contribution in [2.75, 3.05) is 31.0 Å². The Morgan fingerprint density at radius 2 is 1.77 bits per heavy atom. The number of benzene rings is 2. The molecule has 8 heteroatoms. The second kappa shape index (κ2) is 10.8. The molecule has 3 aromatic rings. The first kappa shape index (κ1) is 21.1. The van der Waals surface area contributed by atoms with Crippen LogP contribution in [0.3, 0.4) is 0 Å². The number of amides is 2. The summed E-state index contributed by atoms with van der Waals surface area (Å²) >= 11 is 0. The molecule has 1 aromatic heterocycles. The van der Waals surface area contributed by atoms with Gasteiger partial charge in [0.05, 0.1) is 18.5 Å². The molecule has 0 unspecified atom stereocenters. The quantitative estimate of drug-likeness (QED) is 0.527. The highest BCUT2D eigenvalue weighted by Gasteiger charge is 2.08. The van der Waals surface area contributed by atoms with E-state index in [1.807, 2.05) is 36.5 Å². The summed E-state index contributed by atoms with van der Waals surface area (Å²) in [5.74, 6) is -0.123. The SMILES string of the molecule is COCCOC(=O)Nc1cccc(NC(=O)CCc2cnn(-c3ccccc3)c2)c1. The lowest BCUT2D eigenvalue weighted by Gasteiger charge is -2.09. The van der Waals surface area contributed by atoms with E-state index in [-0.39, 0.29) is 12.5 Å². The number of hydrogen-bond acceptors (Lipinski definition) is 5. The molecular formula is C22H24N4O4. The molecule has 0 aliphatic rings. The molecule has 0 bridgehead atoms. The number of carbonyl (C=O) groups excluding carboxylic acids is 2. The number of methoxy groups -OCH3 is 1. The fourth-order valence-electron chi connectivity index (χ4n) is 2.74. The predicted molar refractivity (Wildman–Crippen MR) is 114 cm³/mol. The molecule has 30 heavy (non-hydrogen) atoms. The van der Waals surface area contributed by atoms with Crippen molar-refractivity contribution < 1.29 is 19.1 Å². The smallest absolute Gasteiger partial charge is 0.411 e. The molecule has 0 saturated heterocycles. The van der Waals surface area contributed by atoms with Gasteiger partial charge in [-0.3, -0.25) is 10.1 Å². The van der Waals surface area contributed by atoms with Crippen molar-refractivity contribution in [1.82, 2.24) is 9.78 Å². The van der Waals surface area contributed by atoms with E-state index in [9.17, 15) is 9.59 Å². The van der Waals surface area contributed by atoms with Crippen molar-refractivity contribution >= 4 is 23.4 Å². The Hall–Kier alpha value is -3.65. The maximum Gasteiger partial charge on any atom is 0.411 e. The highest BCUT2D eigenvalue weighted by atomic mass is 16.6. The van der Waals surface area contributed by atoms with Gasteiger partial charge >= 0.3 is 6.09 Å². The summed E-state index contributed by atoms with van der Waals surface area (Å²) in [6, 6.07) is 16.7. The van der Waals surface area contributed by atoms with E-state index in [4.69, 9.17) is 9.47 Å². The monoisotopic (exact) mass is 408 g/mol. The lowest BCUT2D eigenvalue weighted by atomic mass is 10.2. The number of hydrogen-bond donors (Lipinski definition) is 2. The fraction of sp³-hybridized carbons (Fsp3) is 0.227. The maximum atomic E-state index is 12.3. The Morgan fingerprint density at radius 3 is 2.53 bits per heavy atom. The molecule has 0 aliphatic heterocycles. The number of aryl methyl sites for hydroxylation is 1. The van der Waals surface area contributed by atoms with Crippen molar-refractivity contribution in [1.29, 1.82) is 0 Å². The van der Waals surface area contributed by atoms with Crippen LogP contribution in [-0.2, 0) is 20.7 Å². The third-order valence-corrected chi connectivity index (χ3v) is 4.21. The van der Waals surface area contributed by atoms with Crippen LogP contribution in [0.25, 0.3) is 5.69 Å². The molecular weight excluding hydrogens is 384 g/mol. The lowest BCUT2D eigenvalue weighted by Crippen LogP contribution is -2.17. The van der Waals surface area contributed by atoms with Gasteiger partial charge in [0.1, 0.15) is 6.61 Å². The van der Waals surface area contributed by atoms with Gasteiger partial charge in [-0.05, 0) is 42.3 Å². The van der Waals surface area contributed by atoms with Crippen LogP contribution in [-0.4, -0.2) is 42.1 Å². The summed E-state index contributed by atoms with van der Waals surface area (Å²) < 4.78 is 11.6. The Morgan fingerprint density at radius 1 is 1.00 bits per heavy atom. The average molecular weight is 408 g/mol. The van der Waals surface area contributed by atoms with E-state index in [1.54, 1.807) is 35.1 Å². The first-order valence-electron chi connectivity index (χ1n) is 9.55. The minimum absolute atomic E-state index is 0.123. The second-order valence-electron chi connectivity index (χ2n) is 6.51. The van der Waals surface area contributed by atoms with Gasteiger partial charge in [0.15, 0.2) is 0 Å². The molecule has 0 radical (unpaired) electrons. The van der Waals surface area contributed by atoms with Gasteiger partial charge in [0.2, 0.25) is 5.91 Å². The Kier molecular flexibility index (Phi) is 7.57. The molecule has 2 aromatic carbocycles. The molecule has 8 nitrogen and oxygen atoms in total. The van der Waals surface area contributed by atoms with E-state index in [0.717, 1.165) is 11.3 Å². The van der Waals surface area contributed by atoms with Crippen LogP contribution < -0.4 is 10.6 Å². The molecule has 156 valence electrons. The van der Waals surface area contributed by atoms with E-state index in [0.29, 0.717) is 30.8 Å². The van der Waals surface area contributed by atoms with Gasteiger partial charge < -0.3 is 14.8 Å². The standard InChI is InChI=1S/C22H24N4O4/c1-29-12-13-30-22(28)25-19-7-5-6-18(14-19)24-21(27)11-10-17-15-23-26(16-17)20-8-3-2-4-9-20/h2-9,14-16H,10-13H2,1H3,(H,24,27)(H,25,28). The number of ether oxygens (including phenoxy) is 2. The number of nitrogens with one attached hydrogen (secondary N) is 2. The van der Waals surface area contributed by atoms with Gasteiger partial charge in [0.25, 0.3) is 0 Å². The highest BCUT2D eigenvalue weighted by Crippen LogP contribution is 2.16. The van der Waals surface area contributed by atoms with Crippen molar-refractivity contribution in [2.24, 2.45) is 0 Å². The van der Waals surface area contributed by atoms with E-state index in [1.165, 1.54) is 7.11 Å². The maximum absolute atomic E-state index is 12.3. The zero-order valence-corrected chi connectivity index (χ0v) is 16.7. The van der Waals surface area contributed by atoms with E-state index >= 15 is 0 Å². The first-order valence-corrected chi connectivity index (χ1v) is 9.55. The Balaban J connectivity index is 1.48. The topological polar surface area (TPSA) is 94.5 Å². The molecule has 0 spiro atoms. The number of anilines is 2. The molecule has 2 N–H and O–H groups in total. The normalized spacial score (nSPS) is 10.4. The van der Waals surface area contributed by atoms with Crippen LogP contribution in [0.2, 0.25) is 0 Å². The van der Waals surface area contributed by atoms with Crippen LogP contribution in [0.15, 0.2) is 67.0 Å². The van der Waals surface area contributed by atoms with Crippen LogP contribution >= 0.6 is 0 Å². The highest BCUT2D eigenvalue weighted by molar-refractivity contribution is 5.92. The number of nitrogens with zero attached hydrogens (tertiary/aromatic N) is 2. The number of rotatable bonds is 9.